The largest absolute Gasteiger partial charge is 0.486 e. The first-order valence-electron chi connectivity index (χ1n) is 6.74. The van der Waals surface area contributed by atoms with Gasteiger partial charge in [0.15, 0.2) is 11.5 Å². The number of fused-ring (bicyclic) bond motifs is 1. The highest BCUT2D eigenvalue weighted by molar-refractivity contribution is 5.58. The summed E-state index contributed by atoms with van der Waals surface area (Å²) in [6.45, 7) is 3.80. The van der Waals surface area contributed by atoms with Crippen LogP contribution in [0.1, 0.15) is 5.56 Å². The quantitative estimate of drug-likeness (QED) is 0.708. The molecule has 112 valence electrons. The summed E-state index contributed by atoms with van der Waals surface area (Å²) >= 11 is 0. The molecule has 0 aliphatic carbocycles. The van der Waals surface area contributed by atoms with Crippen LogP contribution in [0.2, 0.25) is 0 Å². The molecule has 0 spiro atoms. The average molecular weight is 282 g/mol. The van der Waals surface area contributed by atoms with E-state index in [0.717, 1.165) is 17.9 Å². The Balaban J connectivity index is 2.10. The molecule has 1 aliphatic heterocycles. The number of nitrogen functional groups attached to an aromatic ring is 1. The number of methoxy groups -OCH3 is 1. The zero-order chi connectivity index (χ0) is 14.4. The fraction of sp³-hybridized carbons (Fsp3) is 0.571. The molecule has 1 aliphatic rings. The van der Waals surface area contributed by atoms with E-state index in [-0.39, 0.29) is 6.61 Å². The van der Waals surface area contributed by atoms with Crippen molar-refractivity contribution in [2.45, 2.75) is 6.54 Å². The van der Waals surface area contributed by atoms with E-state index >= 15 is 0 Å². The van der Waals surface area contributed by atoms with Crippen molar-refractivity contribution in [2.75, 3.05) is 52.4 Å². The van der Waals surface area contributed by atoms with Crippen molar-refractivity contribution in [3.8, 4) is 11.5 Å². The second kappa shape index (κ2) is 7.33. The fourth-order valence-electron chi connectivity index (χ4n) is 2.16. The lowest BCUT2D eigenvalue weighted by Gasteiger charge is -2.24. The minimum Gasteiger partial charge on any atom is -0.486 e. The Kier molecular flexibility index (Phi) is 5.46. The van der Waals surface area contributed by atoms with Crippen LogP contribution >= 0.6 is 0 Å². The van der Waals surface area contributed by atoms with E-state index in [0.29, 0.717) is 44.3 Å². The summed E-state index contributed by atoms with van der Waals surface area (Å²) in [4.78, 5) is 2.09. The minimum atomic E-state index is 0.105. The lowest BCUT2D eigenvalue weighted by Crippen LogP contribution is -2.30. The van der Waals surface area contributed by atoms with Crippen LogP contribution in [0.3, 0.4) is 0 Å². The first-order chi connectivity index (χ1) is 9.74. The Labute approximate surface area is 119 Å². The number of aliphatic hydroxyl groups is 1. The van der Waals surface area contributed by atoms with E-state index in [9.17, 15) is 0 Å². The van der Waals surface area contributed by atoms with Gasteiger partial charge in [-0.1, -0.05) is 0 Å². The number of benzene rings is 1. The molecule has 20 heavy (non-hydrogen) atoms. The van der Waals surface area contributed by atoms with E-state index in [1.54, 1.807) is 13.2 Å². The smallest absolute Gasteiger partial charge is 0.163 e. The summed E-state index contributed by atoms with van der Waals surface area (Å²) in [5.41, 5.74) is 7.71. The molecule has 0 fully saturated rings. The number of aliphatic hydroxyl groups excluding tert-OH is 1. The van der Waals surface area contributed by atoms with E-state index in [2.05, 4.69) is 4.90 Å². The van der Waals surface area contributed by atoms with Crippen LogP contribution in [0.5, 0.6) is 11.5 Å². The standard InChI is InChI=1S/C14H22N2O4/c1-18-5-3-16(2-4-17)10-11-8-13-14(9-12(11)15)20-7-6-19-13/h8-9,17H,2-7,10,15H2,1H3. The topological polar surface area (TPSA) is 77.2 Å². The van der Waals surface area contributed by atoms with Gasteiger partial charge in [0.1, 0.15) is 13.2 Å². The molecular weight excluding hydrogens is 260 g/mol. The summed E-state index contributed by atoms with van der Waals surface area (Å²) in [5.74, 6) is 1.43. The number of nitrogens with two attached hydrogens (primary N) is 1. The molecule has 0 amide bonds. The van der Waals surface area contributed by atoms with Gasteiger partial charge >= 0.3 is 0 Å². The number of hydrogen-bond donors (Lipinski definition) is 2. The molecule has 0 bridgehead atoms. The van der Waals surface area contributed by atoms with Crippen LogP contribution in [0, 0.1) is 0 Å². The van der Waals surface area contributed by atoms with Crippen LogP contribution in [-0.4, -0.2) is 56.6 Å². The third kappa shape index (κ3) is 3.75. The summed E-state index contributed by atoms with van der Waals surface area (Å²) < 4.78 is 16.1. The van der Waals surface area contributed by atoms with Crippen molar-refractivity contribution >= 4 is 5.69 Å². The lowest BCUT2D eigenvalue weighted by molar-refractivity contribution is 0.126. The van der Waals surface area contributed by atoms with Crippen LogP contribution < -0.4 is 15.2 Å². The highest BCUT2D eigenvalue weighted by Crippen LogP contribution is 2.34. The van der Waals surface area contributed by atoms with Gasteiger partial charge in [-0.2, -0.15) is 0 Å². The molecule has 3 N–H and O–H groups in total. The molecule has 0 atom stereocenters. The maximum absolute atomic E-state index is 9.12. The lowest BCUT2D eigenvalue weighted by atomic mass is 10.1. The SMILES string of the molecule is COCCN(CCO)Cc1cc2c(cc1N)OCCO2. The van der Waals surface area contributed by atoms with Crippen molar-refractivity contribution in [1.82, 2.24) is 4.90 Å². The second-order valence-electron chi connectivity index (χ2n) is 4.69. The van der Waals surface area contributed by atoms with Gasteiger partial charge in [-0.3, -0.25) is 4.90 Å². The van der Waals surface area contributed by atoms with Crippen LogP contribution in [0.4, 0.5) is 5.69 Å². The predicted molar refractivity (Wildman–Crippen MR) is 76.1 cm³/mol. The Morgan fingerprint density at radius 1 is 1.25 bits per heavy atom. The predicted octanol–water partition coefficient (Wildman–Crippen LogP) is 0.481. The summed E-state index contributed by atoms with van der Waals surface area (Å²) in [7, 11) is 1.66. The van der Waals surface area contributed by atoms with Crippen molar-refractivity contribution in [1.29, 1.82) is 0 Å². The number of ether oxygens (including phenoxy) is 3. The van der Waals surface area contributed by atoms with Gasteiger partial charge in [0.05, 0.1) is 13.2 Å². The minimum absolute atomic E-state index is 0.105. The second-order valence-corrected chi connectivity index (χ2v) is 4.69. The average Bonchev–Trinajstić information content (AvgIpc) is 2.45. The molecule has 2 rings (SSSR count). The number of rotatable bonds is 7. The molecule has 1 aromatic rings. The third-order valence-corrected chi connectivity index (χ3v) is 3.23. The van der Waals surface area contributed by atoms with Gasteiger partial charge in [0.2, 0.25) is 0 Å². The normalized spacial score (nSPS) is 13.8. The molecule has 0 unspecified atom stereocenters. The maximum Gasteiger partial charge on any atom is 0.163 e. The zero-order valence-electron chi connectivity index (χ0n) is 11.8. The summed E-state index contributed by atoms with van der Waals surface area (Å²) in [5, 5.41) is 9.12. The van der Waals surface area contributed by atoms with E-state index < -0.39 is 0 Å². The molecule has 1 aromatic carbocycles. The number of nitrogens with zero attached hydrogens (tertiary/aromatic N) is 1. The molecule has 6 nitrogen and oxygen atoms in total. The molecule has 0 aromatic heterocycles. The molecular formula is C14H22N2O4. The Morgan fingerprint density at radius 3 is 2.60 bits per heavy atom. The molecule has 0 saturated carbocycles. The van der Waals surface area contributed by atoms with Gasteiger partial charge in [0, 0.05) is 38.5 Å². The number of hydrogen-bond acceptors (Lipinski definition) is 6. The monoisotopic (exact) mass is 282 g/mol. The fourth-order valence-corrected chi connectivity index (χ4v) is 2.16. The van der Waals surface area contributed by atoms with E-state index in [1.165, 1.54) is 0 Å². The van der Waals surface area contributed by atoms with Crippen molar-refractivity contribution in [3.05, 3.63) is 17.7 Å². The summed E-state index contributed by atoms with van der Waals surface area (Å²) in [6.07, 6.45) is 0. The van der Waals surface area contributed by atoms with Crippen molar-refractivity contribution in [3.63, 3.8) is 0 Å². The Hall–Kier alpha value is -1.50. The van der Waals surface area contributed by atoms with E-state index in [1.807, 2.05) is 6.07 Å². The van der Waals surface area contributed by atoms with Crippen molar-refractivity contribution in [2.24, 2.45) is 0 Å². The zero-order valence-corrected chi connectivity index (χ0v) is 11.8. The number of anilines is 1. The Bertz CT molecular complexity index is 439. The third-order valence-electron chi connectivity index (χ3n) is 3.23. The van der Waals surface area contributed by atoms with Gasteiger partial charge in [-0.15, -0.1) is 0 Å². The summed E-state index contributed by atoms with van der Waals surface area (Å²) in [6, 6.07) is 3.72. The van der Waals surface area contributed by atoms with Crippen LogP contribution in [0.15, 0.2) is 12.1 Å². The van der Waals surface area contributed by atoms with E-state index in [4.69, 9.17) is 25.1 Å². The van der Waals surface area contributed by atoms with Gasteiger partial charge in [0.25, 0.3) is 0 Å². The van der Waals surface area contributed by atoms with Gasteiger partial charge < -0.3 is 25.1 Å². The van der Waals surface area contributed by atoms with Gasteiger partial charge in [-0.05, 0) is 11.6 Å². The van der Waals surface area contributed by atoms with Gasteiger partial charge in [-0.25, -0.2) is 0 Å². The molecule has 0 saturated heterocycles. The van der Waals surface area contributed by atoms with Crippen molar-refractivity contribution < 1.29 is 19.3 Å². The highest BCUT2D eigenvalue weighted by Gasteiger charge is 2.16. The molecule has 1 heterocycles. The van der Waals surface area contributed by atoms with Crippen LogP contribution in [-0.2, 0) is 11.3 Å². The Morgan fingerprint density at radius 2 is 1.95 bits per heavy atom. The molecule has 6 heteroatoms. The first kappa shape index (κ1) is 14.9. The molecule has 0 radical (unpaired) electrons. The highest BCUT2D eigenvalue weighted by atomic mass is 16.6. The first-order valence-corrected chi connectivity index (χ1v) is 6.74. The maximum atomic E-state index is 9.12. The van der Waals surface area contributed by atoms with Crippen LogP contribution in [0.25, 0.3) is 0 Å².